The predicted octanol–water partition coefficient (Wildman–Crippen LogP) is 4.28. The van der Waals surface area contributed by atoms with Gasteiger partial charge in [-0.1, -0.05) is 37.0 Å². The number of nitrogens with zero attached hydrogens (tertiary/aromatic N) is 2. The number of carbonyl (C=O) groups is 2. The number of carbonyl (C=O) groups excluding carboxylic acids is 2. The highest BCUT2D eigenvalue weighted by molar-refractivity contribution is 6.34. The Kier molecular flexibility index (Phi) is 10.5. The first-order valence-corrected chi connectivity index (χ1v) is 11.5. The zero-order valence-electron chi connectivity index (χ0n) is 18.9. The third-order valence-electron chi connectivity index (χ3n) is 4.74. The van der Waals surface area contributed by atoms with Crippen LogP contribution in [0.5, 0.6) is 0 Å². The Labute approximate surface area is 199 Å². The molecule has 2 rings (SSSR count). The molecule has 1 aromatic heterocycles. The summed E-state index contributed by atoms with van der Waals surface area (Å²) in [5, 5.41) is 4.26. The first kappa shape index (κ1) is 26.2. The van der Waals surface area contributed by atoms with E-state index in [2.05, 4.69) is 10.3 Å². The Morgan fingerprint density at radius 3 is 2.19 bits per heavy atom. The summed E-state index contributed by atoms with van der Waals surface area (Å²) in [6.07, 6.45) is 4.21. The van der Waals surface area contributed by atoms with Crippen molar-refractivity contribution in [1.29, 1.82) is 0 Å². The summed E-state index contributed by atoms with van der Waals surface area (Å²) in [5.74, 6) is -0.570. The number of imidazole rings is 1. The molecule has 1 N–H and O–H groups in total. The minimum absolute atomic E-state index is 0.234. The van der Waals surface area contributed by atoms with Gasteiger partial charge in [0.2, 0.25) is 0 Å². The van der Waals surface area contributed by atoms with Crippen LogP contribution in [-0.4, -0.2) is 46.8 Å². The fourth-order valence-electron chi connectivity index (χ4n) is 3.41. The smallest absolute Gasteiger partial charge is 0.323 e. The molecule has 0 radical (unpaired) electrons. The fourth-order valence-corrected chi connectivity index (χ4v) is 3.98. The summed E-state index contributed by atoms with van der Waals surface area (Å²) in [6, 6.07) is 3.98. The average Bonchev–Trinajstić information content (AvgIpc) is 3.12. The van der Waals surface area contributed by atoms with Crippen LogP contribution >= 0.6 is 23.2 Å². The molecule has 0 saturated carbocycles. The highest BCUT2D eigenvalue weighted by Crippen LogP contribution is 2.20. The molecule has 0 fully saturated rings. The second kappa shape index (κ2) is 12.8. The third-order valence-corrected chi connectivity index (χ3v) is 5.18. The summed E-state index contributed by atoms with van der Waals surface area (Å²) < 4.78 is 12.4. The maximum atomic E-state index is 12.7. The van der Waals surface area contributed by atoms with Gasteiger partial charge in [0.25, 0.3) is 0 Å². The Balaban J connectivity index is 2.24. The van der Waals surface area contributed by atoms with E-state index < -0.39 is 18.1 Å². The number of hydrogen-bond donors (Lipinski definition) is 1. The lowest BCUT2D eigenvalue weighted by atomic mass is 10.0. The van der Waals surface area contributed by atoms with Crippen molar-refractivity contribution in [2.24, 2.45) is 5.92 Å². The van der Waals surface area contributed by atoms with Gasteiger partial charge in [-0.2, -0.15) is 0 Å². The van der Waals surface area contributed by atoms with E-state index >= 15 is 0 Å². The number of halogens is 2. The van der Waals surface area contributed by atoms with E-state index in [1.165, 1.54) is 0 Å². The van der Waals surface area contributed by atoms with Gasteiger partial charge < -0.3 is 14.0 Å². The van der Waals surface area contributed by atoms with Gasteiger partial charge >= 0.3 is 11.9 Å². The van der Waals surface area contributed by atoms with Gasteiger partial charge in [0, 0.05) is 34.9 Å². The molecule has 0 bridgehead atoms. The number of esters is 2. The molecule has 0 saturated heterocycles. The maximum Gasteiger partial charge on any atom is 0.323 e. The molecule has 0 spiro atoms. The van der Waals surface area contributed by atoms with Gasteiger partial charge in [-0.3, -0.25) is 14.9 Å². The monoisotopic (exact) mass is 483 g/mol. The Hall–Kier alpha value is -2.09. The van der Waals surface area contributed by atoms with E-state index in [1.807, 2.05) is 30.5 Å². The van der Waals surface area contributed by atoms with Crippen molar-refractivity contribution >= 4 is 35.1 Å². The number of rotatable bonds is 12. The molecule has 32 heavy (non-hydrogen) atoms. The fraction of sp³-hybridized carbons (Fsp3) is 0.522. The largest absolute Gasteiger partial charge is 0.465 e. The molecule has 1 aromatic carbocycles. The van der Waals surface area contributed by atoms with E-state index in [0.29, 0.717) is 29.4 Å². The zero-order valence-corrected chi connectivity index (χ0v) is 20.4. The van der Waals surface area contributed by atoms with Crippen LogP contribution in [0, 0.1) is 5.92 Å². The summed E-state index contributed by atoms with van der Waals surface area (Å²) in [6.45, 7) is 8.53. The van der Waals surface area contributed by atoms with Crippen molar-refractivity contribution < 1.29 is 19.1 Å². The van der Waals surface area contributed by atoms with Crippen molar-refractivity contribution in [3.63, 3.8) is 0 Å². The van der Waals surface area contributed by atoms with E-state index in [4.69, 9.17) is 32.7 Å². The molecule has 2 atom stereocenters. The van der Waals surface area contributed by atoms with E-state index in [9.17, 15) is 9.59 Å². The highest BCUT2D eigenvalue weighted by atomic mass is 35.5. The lowest BCUT2D eigenvalue weighted by molar-refractivity contribution is -0.149. The van der Waals surface area contributed by atoms with Crippen LogP contribution < -0.4 is 5.32 Å². The highest BCUT2D eigenvalue weighted by Gasteiger charge is 2.29. The van der Waals surface area contributed by atoms with Crippen molar-refractivity contribution in [2.75, 3.05) is 13.2 Å². The van der Waals surface area contributed by atoms with Gasteiger partial charge in [-0.05, 0) is 49.9 Å². The molecule has 0 amide bonds. The van der Waals surface area contributed by atoms with Crippen LogP contribution in [0.25, 0.3) is 0 Å². The second-order valence-corrected chi connectivity index (χ2v) is 8.77. The summed E-state index contributed by atoms with van der Waals surface area (Å²) in [4.78, 5) is 29.5. The molecule has 9 heteroatoms. The summed E-state index contributed by atoms with van der Waals surface area (Å²) in [5.41, 5.74) is 1.71. The van der Waals surface area contributed by atoms with Crippen LogP contribution in [-0.2, 0) is 32.0 Å². The third kappa shape index (κ3) is 8.11. The molecule has 0 aliphatic carbocycles. The Bertz CT molecular complexity index is 881. The van der Waals surface area contributed by atoms with Crippen molar-refractivity contribution in [1.82, 2.24) is 14.9 Å². The molecule has 0 aliphatic rings. The first-order valence-electron chi connectivity index (χ1n) is 10.8. The van der Waals surface area contributed by atoms with Gasteiger partial charge in [-0.25, -0.2) is 4.98 Å². The standard InChI is InChI=1S/C23H31Cl2N3O4/c1-5-31-22(29)20(7-15(3)4)27-21(23(30)32-6-2)11-19-12-26-14-28(19)13-16-8-17(24)10-18(25)9-16/h8-10,12,14-15,20-21,27H,5-7,11,13H2,1-4H3/t20-,21-/m0/s1. The zero-order chi connectivity index (χ0) is 23.7. The number of nitrogens with one attached hydrogen (secondary N) is 1. The molecule has 0 unspecified atom stereocenters. The quantitative estimate of drug-likeness (QED) is 0.453. The number of aromatic nitrogens is 2. The number of benzene rings is 1. The van der Waals surface area contributed by atoms with Gasteiger partial charge in [-0.15, -0.1) is 0 Å². The van der Waals surface area contributed by atoms with E-state index in [1.54, 1.807) is 32.4 Å². The normalized spacial score (nSPS) is 13.1. The van der Waals surface area contributed by atoms with E-state index in [0.717, 1.165) is 11.3 Å². The minimum Gasteiger partial charge on any atom is -0.465 e. The molecule has 2 aromatic rings. The second-order valence-electron chi connectivity index (χ2n) is 7.90. The van der Waals surface area contributed by atoms with Crippen molar-refractivity contribution in [3.8, 4) is 0 Å². The summed E-state index contributed by atoms with van der Waals surface area (Å²) in [7, 11) is 0. The topological polar surface area (TPSA) is 82.5 Å². The van der Waals surface area contributed by atoms with E-state index in [-0.39, 0.29) is 25.1 Å². The molecule has 176 valence electrons. The molecular weight excluding hydrogens is 453 g/mol. The minimum atomic E-state index is -0.735. The van der Waals surface area contributed by atoms with Crippen LogP contribution in [0.3, 0.4) is 0 Å². The Morgan fingerprint density at radius 1 is 1.03 bits per heavy atom. The maximum absolute atomic E-state index is 12.7. The first-order chi connectivity index (χ1) is 15.2. The average molecular weight is 484 g/mol. The van der Waals surface area contributed by atoms with Crippen LogP contribution in [0.4, 0.5) is 0 Å². The van der Waals surface area contributed by atoms with Crippen LogP contribution in [0.1, 0.15) is 45.4 Å². The molecule has 0 aliphatic heterocycles. The van der Waals surface area contributed by atoms with Crippen LogP contribution in [0.2, 0.25) is 10.0 Å². The lowest BCUT2D eigenvalue weighted by Gasteiger charge is -2.25. The lowest BCUT2D eigenvalue weighted by Crippen LogP contribution is -2.50. The van der Waals surface area contributed by atoms with Crippen molar-refractivity contribution in [3.05, 3.63) is 52.0 Å². The van der Waals surface area contributed by atoms with Gasteiger partial charge in [0.1, 0.15) is 12.1 Å². The number of ether oxygens (including phenoxy) is 2. The van der Waals surface area contributed by atoms with Crippen molar-refractivity contribution in [2.45, 2.75) is 59.2 Å². The molecular formula is C23H31Cl2N3O4. The SMILES string of the molecule is CCOC(=O)[C@H](Cc1cncn1Cc1cc(Cl)cc(Cl)c1)N[C@@H](CC(C)C)C(=O)OCC. The number of hydrogen-bond acceptors (Lipinski definition) is 6. The van der Waals surface area contributed by atoms with Crippen LogP contribution in [0.15, 0.2) is 30.7 Å². The van der Waals surface area contributed by atoms with Gasteiger partial charge in [0.15, 0.2) is 0 Å². The van der Waals surface area contributed by atoms with Gasteiger partial charge in [0.05, 0.1) is 19.5 Å². The predicted molar refractivity (Wildman–Crippen MR) is 125 cm³/mol. The molecule has 1 heterocycles. The Morgan fingerprint density at radius 2 is 1.62 bits per heavy atom. The summed E-state index contributed by atoms with van der Waals surface area (Å²) >= 11 is 12.2. The molecule has 7 nitrogen and oxygen atoms in total.